The fraction of sp³-hybridized carbons (Fsp3) is 0.240. The van der Waals surface area contributed by atoms with Gasteiger partial charge in [-0.1, -0.05) is 29.4 Å². The molecule has 2 heterocycles. The molecule has 2 N–H and O–H groups in total. The first-order valence-electron chi connectivity index (χ1n) is 10.7. The van der Waals surface area contributed by atoms with Gasteiger partial charge in [0.1, 0.15) is 5.76 Å². The Hall–Kier alpha value is -3.85. The van der Waals surface area contributed by atoms with E-state index in [-0.39, 0.29) is 5.91 Å². The van der Waals surface area contributed by atoms with E-state index >= 15 is 0 Å². The summed E-state index contributed by atoms with van der Waals surface area (Å²) in [5, 5.41) is 10.6. The maximum atomic E-state index is 13.6. The third-order valence-corrected chi connectivity index (χ3v) is 5.90. The Morgan fingerprint density at radius 2 is 1.88 bits per heavy atom. The molecule has 4 rings (SSSR count). The zero-order valence-electron chi connectivity index (χ0n) is 19.6. The van der Waals surface area contributed by atoms with Crippen molar-refractivity contribution >= 4 is 34.7 Å². The topological polar surface area (TPSA) is 88.9 Å². The van der Waals surface area contributed by atoms with Crippen molar-refractivity contribution in [3.05, 3.63) is 76.7 Å². The van der Waals surface area contributed by atoms with Gasteiger partial charge in [-0.3, -0.25) is 9.69 Å². The highest BCUT2D eigenvalue weighted by molar-refractivity contribution is 7.80. The molecule has 0 fully saturated rings. The molecule has 2 aromatic carbocycles. The average Bonchev–Trinajstić information content (AvgIpc) is 3.22. The SMILES string of the molecule is COc1cccc([C@@H]2NC(=S)N(c3cccc(C)c3)C(C)=C2C(=O)Nc2cc(C)on2)c1OC. The van der Waals surface area contributed by atoms with Gasteiger partial charge in [0.2, 0.25) is 0 Å². The summed E-state index contributed by atoms with van der Waals surface area (Å²) < 4.78 is 16.3. The van der Waals surface area contributed by atoms with Gasteiger partial charge < -0.3 is 24.6 Å². The number of hydrogen-bond donors (Lipinski definition) is 2. The lowest BCUT2D eigenvalue weighted by Gasteiger charge is -2.38. The number of methoxy groups -OCH3 is 2. The van der Waals surface area contributed by atoms with Gasteiger partial charge in [0.15, 0.2) is 22.4 Å². The Morgan fingerprint density at radius 3 is 2.53 bits per heavy atom. The zero-order chi connectivity index (χ0) is 24.4. The molecule has 1 aliphatic rings. The van der Waals surface area contributed by atoms with Gasteiger partial charge in [0.05, 0.1) is 25.8 Å². The average molecular weight is 479 g/mol. The highest BCUT2D eigenvalue weighted by atomic mass is 32.1. The normalized spacial score (nSPS) is 15.7. The van der Waals surface area contributed by atoms with Gasteiger partial charge >= 0.3 is 0 Å². The monoisotopic (exact) mass is 478 g/mol. The first-order valence-corrected chi connectivity index (χ1v) is 11.1. The summed E-state index contributed by atoms with van der Waals surface area (Å²) in [4.78, 5) is 15.5. The lowest BCUT2D eigenvalue weighted by Crippen LogP contribution is -2.48. The second-order valence-electron chi connectivity index (χ2n) is 7.92. The molecule has 0 aliphatic carbocycles. The number of thiocarbonyl (C=S) groups is 1. The number of carbonyl (C=O) groups excluding carboxylic acids is 1. The Kier molecular flexibility index (Phi) is 6.56. The molecule has 0 radical (unpaired) electrons. The minimum Gasteiger partial charge on any atom is -0.493 e. The van der Waals surface area contributed by atoms with Crippen LogP contribution in [0.1, 0.15) is 29.9 Å². The molecule has 34 heavy (non-hydrogen) atoms. The number of aryl methyl sites for hydroxylation is 2. The number of aromatic nitrogens is 1. The van der Waals surface area contributed by atoms with E-state index in [2.05, 4.69) is 15.8 Å². The van der Waals surface area contributed by atoms with Crippen LogP contribution in [-0.2, 0) is 4.79 Å². The van der Waals surface area contributed by atoms with Crippen molar-refractivity contribution in [3.63, 3.8) is 0 Å². The molecule has 0 saturated heterocycles. The Morgan fingerprint density at radius 1 is 1.12 bits per heavy atom. The summed E-state index contributed by atoms with van der Waals surface area (Å²) in [6.45, 7) is 5.64. The van der Waals surface area contributed by atoms with Crippen LogP contribution < -0.4 is 25.0 Å². The second-order valence-corrected chi connectivity index (χ2v) is 8.30. The van der Waals surface area contributed by atoms with E-state index in [4.69, 9.17) is 26.2 Å². The molecule has 8 nitrogen and oxygen atoms in total. The van der Waals surface area contributed by atoms with E-state index in [1.165, 1.54) is 0 Å². The standard InChI is InChI=1S/C25H26N4O4S/c1-14-8-6-9-17(12-14)29-16(3)21(24(30)26-20-13-15(2)33-28-20)22(27-25(29)34)18-10-7-11-19(31-4)23(18)32-5/h6-13,22H,1-5H3,(H,27,34)(H,26,28,30)/t22-/m0/s1. The minimum atomic E-state index is -0.591. The van der Waals surface area contributed by atoms with Crippen LogP contribution in [0.15, 0.2) is 64.3 Å². The van der Waals surface area contributed by atoms with Crippen molar-refractivity contribution in [1.82, 2.24) is 10.5 Å². The number of ether oxygens (including phenoxy) is 2. The van der Waals surface area contributed by atoms with Crippen molar-refractivity contribution in [2.24, 2.45) is 0 Å². The largest absolute Gasteiger partial charge is 0.493 e. The number of para-hydroxylation sites is 1. The van der Waals surface area contributed by atoms with Gasteiger partial charge in [0, 0.05) is 23.0 Å². The number of amides is 1. The molecule has 1 aliphatic heterocycles. The number of nitrogens with zero attached hydrogens (tertiary/aromatic N) is 2. The van der Waals surface area contributed by atoms with Crippen LogP contribution in [0.4, 0.5) is 11.5 Å². The van der Waals surface area contributed by atoms with E-state index in [0.29, 0.717) is 45.0 Å². The van der Waals surface area contributed by atoms with E-state index in [1.54, 1.807) is 33.3 Å². The zero-order valence-corrected chi connectivity index (χ0v) is 20.4. The number of carbonyl (C=O) groups is 1. The predicted octanol–water partition coefficient (Wildman–Crippen LogP) is 4.66. The van der Waals surface area contributed by atoms with Crippen LogP contribution in [0.5, 0.6) is 11.5 Å². The molecule has 0 spiro atoms. The van der Waals surface area contributed by atoms with E-state index in [1.807, 2.05) is 55.1 Å². The molecule has 9 heteroatoms. The van der Waals surface area contributed by atoms with Crippen LogP contribution in [0.3, 0.4) is 0 Å². The van der Waals surface area contributed by atoms with Crippen molar-refractivity contribution in [1.29, 1.82) is 0 Å². The highest BCUT2D eigenvalue weighted by Crippen LogP contribution is 2.41. The third-order valence-electron chi connectivity index (χ3n) is 5.60. The molecule has 176 valence electrons. The van der Waals surface area contributed by atoms with Gasteiger partial charge in [-0.15, -0.1) is 0 Å². The van der Waals surface area contributed by atoms with Crippen molar-refractivity contribution in [3.8, 4) is 11.5 Å². The molecule has 3 aromatic rings. The van der Waals surface area contributed by atoms with Crippen LogP contribution in [-0.4, -0.2) is 30.4 Å². The third kappa shape index (κ3) is 4.34. The minimum absolute atomic E-state index is 0.328. The molecule has 0 bridgehead atoms. The molecule has 0 unspecified atom stereocenters. The quantitative estimate of drug-likeness (QED) is 0.495. The Bertz CT molecular complexity index is 1280. The van der Waals surface area contributed by atoms with Crippen molar-refractivity contribution in [2.75, 3.05) is 24.4 Å². The lowest BCUT2D eigenvalue weighted by molar-refractivity contribution is -0.113. The summed E-state index contributed by atoms with van der Waals surface area (Å²) in [5.74, 6) is 1.65. The molecular weight excluding hydrogens is 452 g/mol. The first-order chi connectivity index (χ1) is 16.3. The molecule has 0 saturated carbocycles. The van der Waals surface area contributed by atoms with Crippen LogP contribution in [0, 0.1) is 13.8 Å². The smallest absolute Gasteiger partial charge is 0.257 e. The summed E-state index contributed by atoms with van der Waals surface area (Å²) in [6, 6.07) is 14.5. The first kappa shape index (κ1) is 23.3. The molecule has 1 atom stereocenters. The van der Waals surface area contributed by atoms with Gasteiger partial charge in [-0.05, 0) is 56.8 Å². The number of allylic oxidation sites excluding steroid dienone is 1. The lowest BCUT2D eigenvalue weighted by atomic mass is 9.93. The van der Waals surface area contributed by atoms with Gasteiger partial charge in [0.25, 0.3) is 5.91 Å². The maximum absolute atomic E-state index is 13.6. The maximum Gasteiger partial charge on any atom is 0.257 e. The van der Waals surface area contributed by atoms with E-state index in [9.17, 15) is 4.79 Å². The van der Waals surface area contributed by atoms with Gasteiger partial charge in [-0.25, -0.2) is 0 Å². The van der Waals surface area contributed by atoms with Crippen molar-refractivity contribution in [2.45, 2.75) is 26.8 Å². The molecule has 1 aromatic heterocycles. The predicted molar refractivity (Wildman–Crippen MR) is 134 cm³/mol. The summed E-state index contributed by atoms with van der Waals surface area (Å²) in [7, 11) is 3.14. The van der Waals surface area contributed by atoms with Crippen LogP contribution >= 0.6 is 12.2 Å². The second kappa shape index (κ2) is 9.56. The Labute approximate surface area is 203 Å². The van der Waals surface area contributed by atoms with Crippen molar-refractivity contribution < 1.29 is 18.8 Å². The number of hydrogen-bond acceptors (Lipinski definition) is 6. The summed E-state index contributed by atoms with van der Waals surface area (Å²) in [6.07, 6.45) is 0. The number of rotatable bonds is 6. The highest BCUT2D eigenvalue weighted by Gasteiger charge is 2.37. The Balaban J connectivity index is 1.87. The fourth-order valence-electron chi connectivity index (χ4n) is 4.10. The van der Waals surface area contributed by atoms with Crippen LogP contribution in [0.25, 0.3) is 0 Å². The van der Waals surface area contributed by atoms with E-state index in [0.717, 1.165) is 11.3 Å². The summed E-state index contributed by atoms with van der Waals surface area (Å²) in [5.41, 5.74) is 3.79. The van der Waals surface area contributed by atoms with E-state index < -0.39 is 6.04 Å². The number of nitrogens with one attached hydrogen (secondary N) is 2. The molecule has 1 amide bonds. The van der Waals surface area contributed by atoms with Gasteiger partial charge in [-0.2, -0.15) is 0 Å². The van der Waals surface area contributed by atoms with Crippen LogP contribution in [0.2, 0.25) is 0 Å². The molecular formula is C25H26N4O4S. The number of benzene rings is 2. The summed E-state index contributed by atoms with van der Waals surface area (Å²) >= 11 is 5.77. The fourth-order valence-corrected chi connectivity index (χ4v) is 4.46. The number of anilines is 2.